The number of para-hydroxylation sites is 2. The molecule has 16 heavy (non-hydrogen) atoms. The van der Waals surface area contributed by atoms with Gasteiger partial charge in [0.2, 0.25) is 5.89 Å². The summed E-state index contributed by atoms with van der Waals surface area (Å²) in [6.07, 6.45) is -0.151. The Morgan fingerprint density at radius 2 is 2.12 bits per heavy atom. The van der Waals surface area contributed by atoms with Gasteiger partial charge in [-0.25, -0.2) is 4.98 Å². The molecule has 88 valence electrons. The molecule has 4 nitrogen and oxygen atoms in total. The van der Waals surface area contributed by atoms with E-state index in [9.17, 15) is 5.11 Å². The topological polar surface area (TPSA) is 72.3 Å². The molecule has 1 aromatic carbocycles. The number of aromatic nitrogens is 1. The van der Waals surface area contributed by atoms with Crippen molar-refractivity contribution in [2.75, 3.05) is 0 Å². The molecule has 0 fully saturated rings. The van der Waals surface area contributed by atoms with Crippen molar-refractivity contribution in [2.45, 2.75) is 25.5 Å². The molecular weight excluding hydrogens is 228 g/mol. The number of benzene rings is 1. The van der Waals surface area contributed by atoms with Gasteiger partial charge >= 0.3 is 0 Å². The molecule has 5 heteroatoms. The minimum absolute atomic E-state index is 0. The van der Waals surface area contributed by atoms with Crippen LogP contribution in [0.25, 0.3) is 11.1 Å². The van der Waals surface area contributed by atoms with Gasteiger partial charge in [-0.2, -0.15) is 0 Å². The van der Waals surface area contributed by atoms with E-state index in [0.29, 0.717) is 17.9 Å². The largest absolute Gasteiger partial charge is 0.438 e. The van der Waals surface area contributed by atoms with Gasteiger partial charge in [0.25, 0.3) is 0 Å². The third kappa shape index (κ3) is 2.35. The first kappa shape index (κ1) is 13.0. The maximum absolute atomic E-state index is 9.81. The molecule has 0 radical (unpaired) electrons. The van der Waals surface area contributed by atoms with Gasteiger partial charge in [0.05, 0.1) is 0 Å². The standard InChI is InChI=1S/C11H14N2O2.ClH/c1-2-7(12)10(14)11-13-8-5-3-4-6-9(8)15-11;/h3-7,10,14H,2,12H2,1H3;1H. The Morgan fingerprint density at radius 1 is 1.44 bits per heavy atom. The first-order valence-corrected chi connectivity index (χ1v) is 5.01. The van der Waals surface area contributed by atoms with Crippen molar-refractivity contribution in [1.29, 1.82) is 0 Å². The van der Waals surface area contributed by atoms with Gasteiger partial charge in [-0.05, 0) is 18.6 Å². The van der Waals surface area contributed by atoms with Gasteiger partial charge in [-0.1, -0.05) is 19.1 Å². The molecule has 0 aliphatic rings. The van der Waals surface area contributed by atoms with Crippen LogP contribution >= 0.6 is 12.4 Å². The van der Waals surface area contributed by atoms with E-state index in [4.69, 9.17) is 10.2 Å². The second-order valence-corrected chi connectivity index (χ2v) is 3.54. The molecule has 2 rings (SSSR count). The molecule has 0 saturated carbocycles. The molecule has 3 N–H and O–H groups in total. The molecule has 0 aliphatic heterocycles. The highest BCUT2D eigenvalue weighted by Crippen LogP contribution is 2.22. The molecule has 2 unspecified atom stereocenters. The number of aliphatic hydroxyl groups is 1. The summed E-state index contributed by atoms with van der Waals surface area (Å²) in [7, 11) is 0. The Balaban J connectivity index is 0.00000128. The summed E-state index contributed by atoms with van der Waals surface area (Å²) in [6.45, 7) is 1.91. The molecule has 0 bridgehead atoms. The lowest BCUT2D eigenvalue weighted by Gasteiger charge is -2.12. The highest BCUT2D eigenvalue weighted by atomic mass is 35.5. The third-order valence-corrected chi connectivity index (χ3v) is 2.44. The number of rotatable bonds is 3. The van der Waals surface area contributed by atoms with Crippen molar-refractivity contribution in [2.24, 2.45) is 5.73 Å². The van der Waals surface area contributed by atoms with E-state index < -0.39 is 6.10 Å². The number of hydrogen-bond acceptors (Lipinski definition) is 4. The van der Waals surface area contributed by atoms with Crippen molar-refractivity contribution in [3.63, 3.8) is 0 Å². The van der Waals surface area contributed by atoms with Gasteiger partial charge in [0.15, 0.2) is 5.58 Å². The van der Waals surface area contributed by atoms with Crippen LogP contribution in [0.15, 0.2) is 28.7 Å². The molecule has 0 aliphatic carbocycles. The van der Waals surface area contributed by atoms with Crippen LogP contribution in [0.1, 0.15) is 25.3 Å². The zero-order valence-corrected chi connectivity index (χ0v) is 9.78. The Bertz CT molecular complexity index is 425. The predicted molar refractivity (Wildman–Crippen MR) is 64.5 cm³/mol. The number of oxazole rings is 1. The predicted octanol–water partition coefficient (Wildman–Crippen LogP) is 2.02. The van der Waals surface area contributed by atoms with Crippen LogP contribution in [-0.4, -0.2) is 16.1 Å². The lowest BCUT2D eigenvalue weighted by atomic mass is 10.1. The third-order valence-electron chi connectivity index (χ3n) is 2.44. The first-order valence-electron chi connectivity index (χ1n) is 5.01. The fourth-order valence-corrected chi connectivity index (χ4v) is 1.42. The van der Waals surface area contributed by atoms with E-state index in [1.165, 1.54) is 0 Å². The van der Waals surface area contributed by atoms with Gasteiger partial charge < -0.3 is 15.3 Å². The Labute approximate surface area is 99.9 Å². The van der Waals surface area contributed by atoms with Crippen molar-refractivity contribution in [1.82, 2.24) is 4.98 Å². The van der Waals surface area contributed by atoms with Gasteiger partial charge in [-0.15, -0.1) is 12.4 Å². The average molecular weight is 243 g/mol. The molecule has 2 atom stereocenters. The minimum atomic E-state index is -0.831. The summed E-state index contributed by atoms with van der Waals surface area (Å²) < 4.78 is 5.41. The van der Waals surface area contributed by atoms with E-state index in [-0.39, 0.29) is 18.4 Å². The molecule has 0 amide bonds. The van der Waals surface area contributed by atoms with Crippen molar-refractivity contribution in [3.05, 3.63) is 30.2 Å². The Kier molecular flexibility index (Phi) is 4.29. The quantitative estimate of drug-likeness (QED) is 0.864. The SMILES string of the molecule is CCC(N)C(O)c1nc2ccccc2o1.Cl. The van der Waals surface area contributed by atoms with Gasteiger partial charge in [0, 0.05) is 6.04 Å². The monoisotopic (exact) mass is 242 g/mol. The minimum Gasteiger partial charge on any atom is -0.438 e. The van der Waals surface area contributed by atoms with Crippen LogP contribution in [0.4, 0.5) is 0 Å². The number of nitrogens with zero attached hydrogens (tertiary/aromatic N) is 1. The number of fused-ring (bicyclic) bond motifs is 1. The fourth-order valence-electron chi connectivity index (χ4n) is 1.42. The highest BCUT2D eigenvalue weighted by Gasteiger charge is 2.20. The zero-order valence-electron chi connectivity index (χ0n) is 8.96. The number of nitrogens with two attached hydrogens (primary N) is 1. The van der Waals surface area contributed by atoms with Crippen LogP contribution in [0.2, 0.25) is 0 Å². The summed E-state index contributed by atoms with van der Waals surface area (Å²) in [5.41, 5.74) is 7.14. The average Bonchev–Trinajstić information content (AvgIpc) is 2.70. The molecule has 2 aromatic rings. The van der Waals surface area contributed by atoms with Crippen molar-refractivity contribution in [3.8, 4) is 0 Å². The number of hydrogen-bond donors (Lipinski definition) is 2. The summed E-state index contributed by atoms with van der Waals surface area (Å²) >= 11 is 0. The number of aliphatic hydroxyl groups excluding tert-OH is 1. The smallest absolute Gasteiger partial charge is 0.225 e. The second-order valence-electron chi connectivity index (χ2n) is 3.54. The van der Waals surface area contributed by atoms with Gasteiger partial charge in [-0.3, -0.25) is 0 Å². The van der Waals surface area contributed by atoms with E-state index in [1.54, 1.807) is 0 Å². The maximum atomic E-state index is 9.81. The summed E-state index contributed by atoms with van der Waals surface area (Å²) in [6, 6.07) is 7.06. The lowest BCUT2D eigenvalue weighted by Crippen LogP contribution is -2.27. The summed E-state index contributed by atoms with van der Waals surface area (Å²) in [5.74, 6) is 0.297. The fraction of sp³-hybridized carbons (Fsp3) is 0.364. The second kappa shape index (κ2) is 5.30. The molecule has 0 saturated heterocycles. The van der Waals surface area contributed by atoms with Gasteiger partial charge in [0.1, 0.15) is 11.6 Å². The molecular formula is C11H15ClN2O2. The first-order chi connectivity index (χ1) is 7.22. The van der Waals surface area contributed by atoms with E-state index in [1.807, 2.05) is 31.2 Å². The van der Waals surface area contributed by atoms with Crippen molar-refractivity contribution < 1.29 is 9.52 Å². The van der Waals surface area contributed by atoms with Crippen LogP contribution in [0.5, 0.6) is 0 Å². The molecule has 1 aromatic heterocycles. The van der Waals surface area contributed by atoms with Crippen LogP contribution < -0.4 is 5.73 Å². The van der Waals surface area contributed by atoms with Crippen LogP contribution in [0, 0.1) is 0 Å². The normalized spacial score (nSPS) is 14.4. The summed E-state index contributed by atoms with van der Waals surface area (Å²) in [5, 5.41) is 9.81. The molecule has 0 spiro atoms. The van der Waals surface area contributed by atoms with E-state index >= 15 is 0 Å². The highest BCUT2D eigenvalue weighted by molar-refractivity contribution is 5.85. The Morgan fingerprint density at radius 3 is 2.75 bits per heavy atom. The van der Waals surface area contributed by atoms with Crippen molar-refractivity contribution >= 4 is 23.5 Å². The maximum Gasteiger partial charge on any atom is 0.225 e. The van der Waals surface area contributed by atoms with Crippen LogP contribution in [0.3, 0.4) is 0 Å². The van der Waals surface area contributed by atoms with Crippen LogP contribution in [-0.2, 0) is 0 Å². The molecule has 1 heterocycles. The lowest BCUT2D eigenvalue weighted by molar-refractivity contribution is 0.116. The van der Waals surface area contributed by atoms with E-state index in [2.05, 4.69) is 4.98 Å². The zero-order chi connectivity index (χ0) is 10.8. The van der Waals surface area contributed by atoms with E-state index in [0.717, 1.165) is 5.52 Å². The Hall–Kier alpha value is -1.10. The summed E-state index contributed by atoms with van der Waals surface area (Å²) in [4.78, 5) is 4.19. The number of halogens is 1.